The normalized spacial score (nSPS) is 11.9. The van der Waals surface area contributed by atoms with Crippen molar-refractivity contribution in [1.82, 2.24) is 0 Å². The summed E-state index contributed by atoms with van der Waals surface area (Å²) in [5.41, 5.74) is 0. The predicted octanol–water partition coefficient (Wildman–Crippen LogP) is 9.68. The van der Waals surface area contributed by atoms with Crippen LogP contribution in [-0.2, 0) is 6.42 Å². The maximum atomic E-state index is 2.49. The second-order valence-electron chi connectivity index (χ2n) is 8.65. The third-order valence-corrected chi connectivity index (χ3v) is 11.9. The van der Waals surface area contributed by atoms with E-state index in [1.807, 2.05) is 22.7 Å². The molecule has 2 aromatic carbocycles. The van der Waals surface area contributed by atoms with Crippen molar-refractivity contribution in [3.8, 4) is 8.46 Å². The Morgan fingerprint density at radius 2 is 1.48 bits per heavy atom. The van der Waals surface area contributed by atoms with E-state index in [0.717, 1.165) is 0 Å². The van der Waals surface area contributed by atoms with Crippen molar-refractivity contribution >= 4 is 72.8 Å². The van der Waals surface area contributed by atoms with E-state index in [-0.39, 0.29) is 20.4 Å². The van der Waals surface area contributed by atoms with Gasteiger partial charge in [0.2, 0.25) is 0 Å². The topological polar surface area (TPSA) is 0 Å². The van der Waals surface area contributed by atoms with Crippen LogP contribution < -0.4 is 0 Å². The Morgan fingerprint density at radius 1 is 0.710 bits per heavy atom. The molecule has 31 heavy (non-hydrogen) atoms. The summed E-state index contributed by atoms with van der Waals surface area (Å²) in [4.78, 5) is 3.11. The fourth-order valence-electron chi connectivity index (χ4n) is 4.45. The fraction of sp³-hybridized carbons (Fsp3) is 0.357. The molecule has 3 heterocycles. The van der Waals surface area contributed by atoms with Gasteiger partial charge in [0, 0.05) is 0 Å². The molecule has 0 spiro atoms. The van der Waals surface area contributed by atoms with Crippen LogP contribution >= 0.6 is 22.7 Å². The van der Waals surface area contributed by atoms with Gasteiger partial charge in [-0.25, -0.2) is 0 Å². The number of fused-ring (bicyclic) bond motifs is 3. The second-order valence-corrected chi connectivity index (χ2v) is 13.9. The van der Waals surface area contributed by atoms with Crippen molar-refractivity contribution in [2.24, 2.45) is 0 Å². The minimum atomic E-state index is -0.277. The van der Waals surface area contributed by atoms with Crippen LogP contribution in [0.4, 0.5) is 0 Å². The SMILES string of the molecule is CCCCCCCCCCc1ccc(-c2cc3cc4cc5sccc5cc4cc3[te]2)s1. The van der Waals surface area contributed by atoms with E-state index in [2.05, 4.69) is 60.8 Å². The van der Waals surface area contributed by atoms with Crippen molar-refractivity contribution in [3.63, 3.8) is 0 Å². The van der Waals surface area contributed by atoms with Crippen LogP contribution in [0.2, 0.25) is 0 Å². The van der Waals surface area contributed by atoms with E-state index in [1.165, 1.54) is 88.9 Å². The van der Waals surface area contributed by atoms with Crippen LogP contribution in [0.25, 0.3) is 38.1 Å². The molecular formula is C28H30S2Te. The standard InChI is InChI=1S/C28H30S2Te/c1-2-3-4-5-6-7-8-9-10-24-11-12-25(30-24)28-19-23-16-21-17-26-20(13-14-29-26)15-22(21)18-27(23)31-28/h11-19H,2-10H2,1H3. The fourth-order valence-corrected chi connectivity index (χ4v) is 9.75. The van der Waals surface area contributed by atoms with Crippen molar-refractivity contribution in [1.29, 1.82) is 0 Å². The molecule has 0 saturated heterocycles. The molecule has 0 aliphatic rings. The van der Waals surface area contributed by atoms with Crippen LogP contribution in [0.15, 0.2) is 53.9 Å². The number of rotatable bonds is 10. The maximum absolute atomic E-state index is 2.49. The minimum absolute atomic E-state index is 0.277. The van der Waals surface area contributed by atoms with Crippen LogP contribution in [0.1, 0.15) is 63.2 Å². The molecule has 0 aliphatic carbocycles. The van der Waals surface area contributed by atoms with E-state index < -0.39 is 0 Å². The molecule has 3 aromatic heterocycles. The van der Waals surface area contributed by atoms with Gasteiger partial charge in [0.15, 0.2) is 0 Å². The Labute approximate surface area is 203 Å². The summed E-state index contributed by atoms with van der Waals surface area (Å²) in [6, 6.07) is 19.2. The summed E-state index contributed by atoms with van der Waals surface area (Å²) in [6.45, 7) is 2.29. The second kappa shape index (κ2) is 10.2. The molecule has 0 amide bonds. The van der Waals surface area contributed by atoms with E-state index in [9.17, 15) is 0 Å². The molecule has 0 fully saturated rings. The van der Waals surface area contributed by atoms with Gasteiger partial charge in [-0.05, 0) is 0 Å². The van der Waals surface area contributed by atoms with E-state index >= 15 is 0 Å². The number of thiophene rings is 2. The Bertz CT molecular complexity index is 1220. The molecule has 0 saturated carbocycles. The predicted molar refractivity (Wildman–Crippen MR) is 143 cm³/mol. The summed E-state index contributed by atoms with van der Waals surface area (Å²) in [7, 11) is 0. The van der Waals surface area contributed by atoms with Gasteiger partial charge in [-0.3, -0.25) is 0 Å². The molecule has 5 aromatic rings. The van der Waals surface area contributed by atoms with Crippen molar-refractivity contribution in [2.45, 2.75) is 64.7 Å². The molecule has 3 heteroatoms. The molecule has 0 radical (unpaired) electrons. The van der Waals surface area contributed by atoms with Gasteiger partial charge in [-0.2, -0.15) is 0 Å². The molecule has 0 atom stereocenters. The molecule has 5 rings (SSSR count). The first-order valence-electron chi connectivity index (χ1n) is 11.7. The van der Waals surface area contributed by atoms with Gasteiger partial charge in [0.05, 0.1) is 0 Å². The average molecular weight is 558 g/mol. The summed E-state index contributed by atoms with van der Waals surface area (Å²) >= 11 is 3.62. The molecule has 160 valence electrons. The third kappa shape index (κ3) is 5.12. The summed E-state index contributed by atoms with van der Waals surface area (Å²) in [6.07, 6.45) is 12.5. The van der Waals surface area contributed by atoms with E-state index in [4.69, 9.17) is 0 Å². The number of hydrogen-bond donors (Lipinski definition) is 0. The van der Waals surface area contributed by atoms with Crippen LogP contribution in [-0.4, -0.2) is 20.4 Å². The van der Waals surface area contributed by atoms with E-state index in [1.54, 1.807) is 11.9 Å². The first kappa shape index (κ1) is 21.7. The molecular weight excluding hydrogens is 528 g/mol. The molecule has 0 aliphatic heterocycles. The van der Waals surface area contributed by atoms with Crippen molar-refractivity contribution in [3.05, 3.63) is 58.8 Å². The van der Waals surface area contributed by atoms with Gasteiger partial charge >= 0.3 is 191 Å². The van der Waals surface area contributed by atoms with Gasteiger partial charge in [-0.1, -0.05) is 13.3 Å². The zero-order valence-corrected chi connectivity index (χ0v) is 22.2. The zero-order valence-electron chi connectivity index (χ0n) is 18.3. The Kier molecular flexibility index (Phi) is 7.16. The van der Waals surface area contributed by atoms with Gasteiger partial charge in [0.25, 0.3) is 0 Å². The molecule has 0 nitrogen and oxygen atoms in total. The van der Waals surface area contributed by atoms with Crippen LogP contribution in [0.5, 0.6) is 0 Å². The molecule has 0 N–H and O–H groups in total. The quantitative estimate of drug-likeness (QED) is 0.118. The summed E-state index contributed by atoms with van der Waals surface area (Å²) in [5, 5.41) is 7.85. The number of unbranched alkanes of at least 4 members (excludes halogenated alkanes) is 7. The van der Waals surface area contributed by atoms with Crippen molar-refractivity contribution < 1.29 is 0 Å². The van der Waals surface area contributed by atoms with Gasteiger partial charge < -0.3 is 0 Å². The van der Waals surface area contributed by atoms with Crippen LogP contribution in [0.3, 0.4) is 0 Å². The third-order valence-electron chi connectivity index (χ3n) is 6.23. The molecule has 0 unspecified atom stereocenters. The van der Waals surface area contributed by atoms with Crippen LogP contribution in [0, 0.1) is 0 Å². The average Bonchev–Trinajstić information content (AvgIpc) is 3.51. The Balaban J connectivity index is 1.24. The van der Waals surface area contributed by atoms with Crippen molar-refractivity contribution in [2.75, 3.05) is 0 Å². The number of aryl methyl sites for hydroxylation is 1. The van der Waals surface area contributed by atoms with E-state index in [0.29, 0.717) is 0 Å². The summed E-state index contributed by atoms with van der Waals surface area (Å²) in [5.74, 6) is 0. The summed E-state index contributed by atoms with van der Waals surface area (Å²) < 4.78 is 4.64. The van der Waals surface area contributed by atoms with Gasteiger partial charge in [-0.15, -0.1) is 0 Å². The number of benzene rings is 2. The molecule has 0 bridgehead atoms. The first-order valence-corrected chi connectivity index (χ1v) is 15.8. The monoisotopic (exact) mass is 560 g/mol. The van der Waals surface area contributed by atoms with Gasteiger partial charge in [0.1, 0.15) is 0 Å². The zero-order chi connectivity index (χ0) is 21.0. The number of hydrogen-bond acceptors (Lipinski definition) is 2. The Morgan fingerprint density at radius 3 is 2.35 bits per heavy atom. The Hall–Kier alpha value is -1.11. The first-order chi connectivity index (χ1) is 15.3.